The number of rotatable bonds is 3. The molecule has 1 fully saturated rings. The van der Waals surface area contributed by atoms with Crippen LogP contribution < -0.4 is 4.74 Å². The van der Waals surface area contributed by atoms with E-state index in [2.05, 4.69) is 6.07 Å². The van der Waals surface area contributed by atoms with Crippen LogP contribution in [0.25, 0.3) is 0 Å². The van der Waals surface area contributed by atoms with Gasteiger partial charge in [0.1, 0.15) is 11.5 Å². The number of hydrogen-bond donors (Lipinski definition) is 0. The van der Waals surface area contributed by atoms with Crippen molar-refractivity contribution in [1.29, 1.82) is 0 Å². The fourth-order valence-electron chi connectivity index (χ4n) is 2.72. The third-order valence-electron chi connectivity index (χ3n) is 4.04. The second-order valence-electron chi connectivity index (χ2n) is 5.09. The molecule has 1 atom stereocenters. The van der Waals surface area contributed by atoms with Gasteiger partial charge in [-0.05, 0) is 32.3 Å². The van der Waals surface area contributed by atoms with E-state index in [0.29, 0.717) is 11.7 Å². The molecule has 1 heterocycles. The van der Waals surface area contributed by atoms with Crippen molar-refractivity contribution in [3.05, 3.63) is 29.8 Å². The fraction of sp³-hybridized carbons (Fsp3) is 0.500. The maximum absolute atomic E-state index is 11.6. The van der Waals surface area contributed by atoms with Crippen molar-refractivity contribution in [2.75, 3.05) is 6.61 Å². The van der Waals surface area contributed by atoms with Gasteiger partial charge >= 0.3 is 0 Å². The van der Waals surface area contributed by atoms with Crippen molar-refractivity contribution in [3.63, 3.8) is 0 Å². The minimum absolute atomic E-state index is 0.00845. The first-order chi connectivity index (χ1) is 7.71. The van der Waals surface area contributed by atoms with E-state index < -0.39 is 0 Å². The lowest BCUT2D eigenvalue weighted by Crippen LogP contribution is -2.16. The summed E-state index contributed by atoms with van der Waals surface area (Å²) >= 11 is 0. The number of para-hydroxylation sites is 1. The Bertz CT molecular complexity index is 432. The van der Waals surface area contributed by atoms with E-state index in [-0.39, 0.29) is 5.41 Å². The number of ether oxygens (including phenoxy) is 1. The molecule has 2 heteroatoms. The van der Waals surface area contributed by atoms with Crippen LogP contribution in [0.4, 0.5) is 0 Å². The third-order valence-corrected chi connectivity index (χ3v) is 4.04. The van der Waals surface area contributed by atoms with Crippen LogP contribution in [-0.2, 0) is 4.79 Å². The molecule has 2 aliphatic rings. The lowest BCUT2D eigenvalue weighted by molar-refractivity contribution is -0.122. The Labute approximate surface area is 95.6 Å². The molecule has 2 nitrogen and oxygen atoms in total. The Morgan fingerprint density at radius 1 is 1.44 bits per heavy atom. The van der Waals surface area contributed by atoms with E-state index in [0.717, 1.165) is 31.6 Å². The molecule has 1 aliphatic heterocycles. The van der Waals surface area contributed by atoms with Crippen LogP contribution in [0.3, 0.4) is 0 Å². The van der Waals surface area contributed by atoms with Gasteiger partial charge in [0.25, 0.3) is 0 Å². The largest absolute Gasteiger partial charge is 0.493 e. The zero-order valence-corrected chi connectivity index (χ0v) is 9.53. The topological polar surface area (TPSA) is 26.3 Å². The van der Waals surface area contributed by atoms with Gasteiger partial charge in [0.15, 0.2) is 0 Å². The van der Waals surface area contributed by atoms with Crippen molar-refractivity contribution in [2.45, 2.75) is 32.1 Å². The minimum Gasteiger partial charge on any atom is -0.493 e. The van der Waals surface area contributed by atoms with Crippen molar-refractivity contribution in [3.8, 4) is 5.75 Å². The quantitative estimate of drug-likeness (QED) is 0.776. The summed E-state index contributed by atoms with van der Waals surface area (Å²) in [5.74, 6) is 1.78. The molecule has 0 N–H and O–H groups in total. The highest BCUT2D eigenvalue weighted by atomic mass is 16.5. The number of benzene rings is 1. The highest BCUT2D eigenvalue weighted by Crippen LogP contribution is 2.54. The highest BCUT2D eigenvalue weighted by molar-refractivity contribution is 5.85. The van der Waals surface area contributed by atoms with Crippen LogP contribution in [-0.4, -0.2) is 12.4 Å². The molecule has 84 valence electrons. The van der Waals surface area contributed by atoms with Crippen molar-refractivity contribution in [1.82, 2.24) is 0 Å². The summed E-state index contributed by atoms with van der Waals surface area (Å²) in [5, 5.41) is 0. The number of Topliss-reactive ketones (excluding diaryl/α,β-unsaturated/α-hetero) is 1. The predicted octanol–water partition coefficient (Wildman–Crippen LogP) is 2.92. The Kier molecular flexibility index (Phi) is 2.06. The van der Waals surface area contributed by atoms with Crippen LogP contribution in [0.1, 0.15) is 37.7 Å². The molecule has 0 aromatic heterocycles. The molecule has 0 radical (unpaired) electrons. The number of fused-ring (bicyclic) bond motifs is 1. The minimum atomic E-state index is -0.00845. The van der Waals surface area contributed by atoms with E-state index in [1.807, 2.05) is 18.2 Å². The van der Waals surface area contributed by atoms with Gasteiger partial charge in [0.05, 0.1) is 6.61 Å². The van der Waals surface area contributed by atoms with Gasteiger partial charge in [0.2, 0.25) is 0 Å². The third kappa shape index (κ3) is 1.44. The Morgan fingerprint density at radius 2 is 2.19 bits per heavy atom. The summed E-state index contributed by atoms with van der Waals surface area (Å²) in [6.07, 6.45) is 3.11. The Morgan fingerprint density at radius 3 is 2.88 bits per heavy atom. The maximum atomic E-state index is 11.6. The molecule has 1 unspecified atom stereocenters. The van der Waals surface area contributed by atoms with Gasteiger partial charge < -0.3 is 4.74 Å². The van der Waals surface area contributed by atoms with Crippen LogP contribution in [0, 0.1) is 5.41 Å². The first kappa shape index (κ1) is 9.88. The van der Waals surface area contributed by atoms with Gasteiger partial charge in [-0.3, -0.25) is 4.79 Å². The summed E-state index contributed by atoms with van der Waals surface area (Å²) in [6.45, 7) is 2.48. The van der Waals surface area contributed by atoms with Gasteiger partial charge in [-0.15, -0.1) is 0 Å². The van der Waals surface area contributed by atoms with Gasteiger partial charge in [-0.1, -0.05) is 18.2 Å². The number of carbonyl (C=O) groups excluding carboxylic acids is 1. The molecular weight excluding hydrogens is 200 g/mol. The standard InChI is InChI=1S/C14H16O2/c1-10(15)14(6-7-14)8-11-9-16-13-5-3-2-4-12(11)13/h2-5,11H,6-9H2,1H3. The summed E-state index contributed by atoms with van der Waals surface area (Å²) in [7, 11) is 0. The van der Waals surface area contributed by atoms with Crippen LogP contribution in [0.2, 0.25) is 0 Å². The first-order valence-corrected chi connectivity index (χ1v) is 5.94. The van der Waals surface area contributed by atoms with Crippen molar-refractivity contribution >= 4 is 5.78 Å². The summed E-state index contributed by atoms with van der Waals surface area (Å²) in [4.78, 5) is 11.6. The normalized spacial score (nSPS) is 24.7. The van der Waals surface area contributed by atoms with Gasteiger partial charge in [-0.25, -0.2) is 0 Å². The lowest BCUT2D eigenvalue weighted by atomic mass is 9.86. The molecule has 3 rings (SSSR count). The monoisotopic (exact) mass is 216 g/mol. The summed E-state index contributed by atoms with van der Waals surface area (Å²) in [5.41, 5.74) is 1.28. The second kappa shape index (κ2) is 3.34. The zero-order valence-electron chi connectivity index (χ0n) is 9.53. The molecule has 1 aromatic carbocycles. The molecule has 0 saturated heterocycles. The van der Waals surface area contributed by atoms with Crippen LogP contribution in [0.5, 0.6) is 5.75 Å². The molecule has 1 aliphatic carbocycles. The SMILES string of the molecule is CC(=O)C1(CC2COc3ccccc32)CC1. The maximum Gasteiger partial charge on any atom is 0.135 e. The fourth-order valence-corrected chi connectivity index (χ4v) is 2.72. The molecule has 1 aromatic rings. The average Bonchev–Trinajstić information content (AvgIpc) is 2.96. The first-order valence-electron chi connectivity index (χ1n) is 5.94. The molecule has 0 bridgehead atoms. The smallest absolute Gasteiger partial charge is 0.135 e. The van der Waals surface area contributed by atoms with Gasteiger partial charge in [-0.2, -0.15) is 0 Å². The zero-order chi connectivity index (χ0) is 11.2. The van der Waals surface area contributed by atoms with E-state index in [1.165, 1.54) is 5.56 Å². The average molecular weight is 216 g/mol. The number of ketones is 1. The van der Waals surface area contributed by atoms with Crippen molar-refractivity contribution in [2.24, 2.45) is 5.41 Å². The summed E-state index contributed by atoms with van der Waals surface area (Å²) in [6, 6.07) is 8.19. The Balaban J connectivity index is 1.81. The molecule has 0 amide bonds. The van der Waals surface area contributed by atoms with Gasteiger partial charge in [0, 0.05) is 16.9 Å². The van der Waals surface area contributed by atoms with Crippen molar-refractivity contribution < 1.29 is 9.53 Å². The lowest BCUT2D eigenvalue weighted by Gasteiger charge is -2.15. The summed E-state index contributed by atoms with van der Waals surface area (Å²) < 4.78 is 5.65. The van der Waals surface area contributed by atoms with E-state index in [9.17, 15) is 4.79 Å². The highest BCUT2D eigenvalue weighted by Gasteiger charge is 2.49. The predicted molar refractivity (Wildman–Crippen MR) is 61.6 cm³/mol. The molecule has 16 heavy (non-hydrogen) atoms. The van der Waals surface area contributed by atoms with Crippen LogP contribution in [0.15, 0.2) is 24.3 Å². The molecular formula is C14H16O2. The van der Waals surface area contributed by atoms with E-state index in [4.69, 9.17) is 4.74 Å². The second-order valence-corrected chi connectivity index (χ2v) is 5.09. The van der Waals surface area contributed by atoms with E-state index in [1.54, 1.807) is 6.92 Å². The Hall–Kier alpha value is -1.31. The van der Waals surface area contributed by atoms with E-state index >= 15 is 0 Å². The molecule has 0 spiro atoms. The number of carbonyl (C=O) groups is 1. The van der Waals surface area contributed by atoms with Crippen LogP contribution >= 0.6 is 0 Å². The number of hydrogen-bond acceptors (Lipinski definition) is 2. The molecule has 1 saturated carbocycles.